The molecular weight excluding hydrogens is 455 g/mol. The highest BCUT2D eigenvalue weighted by atomic mass is 35.5. The van der Waals surface area contributed by atoms with Crippen molar-refractivity contribution in [3.05, 3.63) is 59.7 Å². The molecule has 2 aromatic carbocycles. The van der Waals surface area contributed by atoms with Crippen LogP contribution in [0.3, 0.4) is 0 Å². The van der Waals surface area contributed by atoms with E-state index in [2.05, 4.69) is 22.2 Å². The first kappa shape index (κ1) is 24.2. The molecule has 1 saturated carbocycles. The van der Waals surface area contributed by atoms with Gasteiger partial charge < -0.3 is 19.5 Å². The number of alkyl halides is 3. The van der Waals surface area contributed by atoms with Crippen LogP contribution in [0.2, 0.25) is 0 Å². The first-order valence-corrected chi connectivity index (χ1v) is 11.4. The van der Waals surface area contributed by atoms with Gasteiger partial charge in [0, 0.05) is 11.5 Å². The van der Waals surface area contributed by atoms with Crippen molar-refractivity contribution in [2.24, 2.45) is 5.92 Å². The predicted octanol–water partition coefficient (Wildman–Crippen LogP) is 6.16. The highest BCUT2D eigenvalue weighted by molar-refractivity contribution is 5.85. The number of hydrogen-bond donors (Lipinski definition) is 1. The average molecular weight is 484 g/mol. The van der Waals surface area contributed by atoms with Gasteiger partial charge in [0.2, 0.25) is 0 Å². The molecule has 0 unspecified atom stereocenters. The first-order valence-electron chi connectivity index (χ1n) is 11.4. The molecule has 3 atom stereocenters. The molecule has 5 rings (SSSR count). The van der Waals surface area contributed by atoms with Crippen LogP contribution in [0, 0.1) is 5.92 Å². The largest absolute Gasteiger partial charge is 0.573 e. The second kappa shape index (κ2) is 9.72. The Hall–Kier alpha value is -1.96. The van der Waals surface area contributed by atoms with Crippen LogP contribution in [0.1, 0.15) is 55.2 Å². The van der Waals surface area contributed by atoms with Gasteiger partial charge in [0.25, 0.3) is 0 Å². The van der Waals surface area contributed by atoms with Crippen LogP contribution in [0.15, 0.2) is 48.5 Å². The number of halogens is 4. The third kappa shape index (κ3) is 5.58. The molecule has 3 fully saturated rings. The van der Waals surface area contributed by atoms with E-state index in [1.54, 1.807) is 6.07 Å². The zero-order chi connectivity index (χ0) is 22.2. The summed E-state index contributed by atoms with van der Waals surface area (Å²) in [7, 11) is 0. The van der Waals surface area contributed by atoms with E-state index in [-0.39, 0.29) is 35.7 Å². The minimum Gasteiger partial charge on any atom is -0.493 e. The lowest BCUT2D eigenvalue weighted by Gasteiger charge is -2.41. The number of nitrogens with one attached hydrogen (secondary N) is 1. The zero-order valence-corrected chi connectivity index (χ0v) is 19.1. The summed E-state index contributed by atoms with van der Waals surface area (Å²) in [6.07, 6.45) is 0.183. The molecule has 0 amide bonds. The summed E-state index contributed by atoms with van der Waals surface area (Å²) in [6, 6.07) is 14.7. The monoisotopic (exact) mass is 483 g/mol. The minimum atomic E-state index is -4.73. The maximum absolute atomic E-state index is 12.9. The third-order valence-electron chi connectivity index (χ3n) is 6.77. The second-order valence-corrected chi connectivity index (χ2v) is 9.18. The fraction of sp³-hybridized carbons (Fsp3) is 0.520. The summed E-state index contributed by atoms with van der Waals surface area (Å²) in [5.74, 6) is 0.905. The van der Waals surface area contributed by atoms with Crippen molar-refractivity contribution < 1.29 is 27.4 Å². The lowest BCUT2D eigenvalue weighted by molar-refractivity contribution is -0.274. The number of piperidine rings is 1. The standard InChI is InChI=1S/C25H28F3NO3.ClH/c26-25(27,28)32-20-9-10-22(30-15-17-7-8-17)21(13-20)19-14-24(31-16-19)11-4-12-29-23(24)18-5-2-1-3-6-18;/h1-3,5-6,9-10,13,17,19,23,29H,4,7-8,11-12,14-16H2;1H/t19-,23-,24+;/m0./s1. The molecule has 4 nitrogen and oxygen atoms in total. The topological polar surface area (TPSA) is 39.7 Å². The van der Waals surface area contributed by atoms with E-state index < -0.39 is 6.36 Å². The summed E-state index contributed by atoms with van der Waals surface area (Å²) in [5, 5.41) is 3.62. The molecule has 33 heavy (non-hydrogen) atoms. The minimum absolute atomic E-state index is 0. The van der Waals surface area contributed by atoms with Gasteiger partial charge in [0.1, 0.15) is 11.5 Å². The first-order chi connectivity index (χ1) is 15.4. The van der Waals surface area contributed by atoms with E-state index >= 15 is 0 Å². The Balaban J connectivity index is 0.00000259. The predicted molar refractivity (Wildman–Crippen MR) is 121 cm³/mol. The van der Waals surface area contributed by atoms with Gasteiger partial charge in [0.15, 0.2) is 0 Å². The summed E-state index contributed by atoms with van der Waals surface area (Å²) in [5.41, 5.74) is 1.52. The normalized spacial score (nSPS) is 27.2. The number of hydrogen-bond acceptors (Lipinski definition) is 4. The highest BCUT2D eigenvalue weighted by Gasteiger charge is 2.49. The van der Waals surface area contributed by atoms with Crippen molar-refractivity contribution in [3.8, 4) is 11.5 Å². The molecule has 0 radical (unpaired) electrons. The van der Waals surface area contributed by atoms with E-state index in [1.165, 1.54) is 17.7 Å². The van der Waals surface area contributed by atoms with Crippen LogP contribution in [0.25, 0.3) is 0 Å². The van der Waals surface area contributed by atoms with Gasteiger partial charge in [-0.1, -0.05) is 30.3 Å². The Morgan fingerprint density at radius 3 is 2.61 bits per heavy atom. The molecule has 1 spiro atoms. The lowest BCUT2D eigenvalue weighted by Crippen LogP contribution is -2.48. The van der Waals surface area contributed by atoms with Crippen LogP contribution in [0.4, 0.5) is 13.2 Å². The molecule has 2 saturated heterocycles. The van der Waals surface area contributed by atoms with Crippen LogP contribution in [0.5, 0.6) is 11.5 Å². The Morgan fingerprint density at radius 1 is 1.09 bits per heavy atom. The van der Waals surface area contributed by atoms with Crippen molar-refractivity contribution in [1.29, 1.82) is 0 Å². The van der Waals surface area contributed by atoms with Gasteiger partial charge in [-0.2, -0.15) is 0 Å². The average Bonchev–Trinajstić information content (AvgIpc) is 3.52. The van der Waals surface area contributed by atoms with Crippen molar-refractivity contribution in [3.63, 3.8) is 0 Å². The maximum atomic E-state index is 12.9. The molecule has 1 aliphatic carbocycles. The third-order valence-corrected chi connectivity index (χ3v) is 6.77. The maximum Gasteiger partial charge on any atom is 0.573 e. The molecule has 1 N–H and O–H groups in total. The highest BCUT2D eigenvalue weighted by Crippen LogP contribution is 2.50. The van der Waals surface area contributed by atoms with Gasteiger partial charge in [-0.25, -0.2) is 0 Å². The lowest BCUT2D eigenvalue weighted by atomic mass is 9.77. The smallest absolute Gasteiger partial charge is 0.493 e. The zero-order valence-electron chi connectivity index (χ0n) is 18.3. The van der Waals surface area contributed by atoms with Crippen molar-refractivity contribution in [2.45, 2.75) is 56.0 Å². The fourth-order valence-corrected chi connectivity index (χ4v) is 5.07. The van der Waals surface area contributed by atoms with Gasteiger partial charge >= 0.3 is 6.36 Å². The summed E-state index contributed by atoms with van der Waals surface area (Å²) in [6.45, 7) is 1.96. The van der Waals surface area contributed by atoms with Crippen LogP contribution in [-0.2, 0) is 4.74 Å². The summed E-state index contributed by atoms with van der Waals surface area (Å²) in [4.78, 5) is 0. The van der Waals surface area contributed by atoms with Crippen LogP contribution < -0.4 is 14.8 Å². The molecule has 0 bridgehead atoms. The van der Waals surface area contributed by atoms with Crippen molar-refractivity contribution in [1.82, 2.24) is 5.32 Å². The molecule has 180 valence electrons. The molecule has 2 aromatic rings. The number of rotatable bonds is 6. The van der Waals surface area contributed by atoms with Crippen LogP contribution in [-0.4, -0.2) is 31.7 Å². The molecule has 3 aliphatic rings. The SMILES string of the molecule is Cl.FC(F)(F)Oc1ccc(OCC2CC2)c([C@@H]2CO[C@]3(CCCN[C@H]3c3ccccc3)C2)c1. The fourth-order valence-electron chi connectivity index (χ4n) is 5.07. The molecule has 2 heterocycles. The van der Waals surface area contributed by atoms with E-state index in [9.17, 15) is 13.2 Å². The van der Waals surface area contributed by atoms with E-state index in [0.717, 1.165) is 44.2 Å². The molecule has 8 heteroatoms. The van der Waals surface area contributed by atoms with Crippen LogP contribution >= 0.6 is 12.4 Å². The Bertz CT molecular complexity index is 938. The molecule has 2 aliphatic heterocycles. The molecular formula is C25H29ClF3NO3. The van der Waals surface area contributed by atoms with Crippen molar-refractivity contribution >= 4 is 12.4 Å². The van der Waals surface area contributed by atoms with Gasteiger partial charge in [0.05, 0.1) is 24.9 Å². The quantitative estimate of drug-likeness (QED) is 0.534. The Labute approximate surface area is 198 Å². The van der Waals surface area contributed by atoms with Gasteiger partial charge in [-0.15, -0.1) is 25.6 Å². The number of benzene rings is 2. The van der Waals surface area contributed by atoms with E-state index in [4.69, 9.17) is 9.47 Å². The number of ether oxygens (including phenoxy) is 3. The van der Waals surface area contributed by atoms with Crippen molar-refractivity contribution in [2.75, 3.05) is 19.8 Å². The summed E-state index contributed by atoms with van der Waals surface area (Å²) < 4.78 is 55.3. The molecule has 0 aromatic heterocycles. The van der Waals surface area contributed by atoms with E-state index in [0.29, 0.717) is 24.9 Å². The van der Waals surface area contributed by atoms with E-state index in [1.807, 2.05) is 18.2 Å². The van der Waals surface area contributed by atoms with Gasteiger partial charge in [-0.3, -0.25) is 0 Å². The summed E-state index contributed by atoms with van der Waals surface area (Å²) >= 11 is 0. The Kier molecular flexibility index (Phi) is 7.12. The second-order valence-electron chi connectivity index (χ2n) is 9.18. The Morgan fingerprint density at radius 2 is 1.88 bits per heavy atom. The van der Waals surface area contributed by atoms with Gasteiger partial charge in [-0.05, 0) is 68.3 Å².